The van der Waals surface area contributed by atoms with Gasteiger partial charge in [-0.15, -0.1) is 0 Å². The molecule has 5 rings (SSSR count). The Hall–Kier alpha value is -1.29. The van der Waals surface area contributed by atoms with Gasteiger partial charge in [0.1, 0.15) is 23.4 Å². The van der Waals surface area contributed by atoms with Gasteiger partial charge in [0, 0.05) is 20.2 Å². The number of carbonyl (C=O) groups is 1. The van der Waals surface area contributed by atoms with Crippen LogP contribution < -0.4 is 0 Å². The molecule has 0 aromatic heterocycles. The second-order valence-electron chi connectivity index (χ2n) is 12.4. The molecule has 37 heavy (non-hydrogen) atoms. The standard InChI is InChI=1S/C28H44F2N2O5/c1-18(2)5-6-22-27(3,37-22)25-24(34-4)21(7-10-28(25)17-35-28)36-26(33)32-14-20(15-32)13-19-8-11-31(12-9-19)16-23(29)30/h5,19-25H,6-17H2,1-4H3/t21?,22-,24?,25?,27+,28?/m1/s1. The average Bonchev–Trinajstić information content (AvgIpc) is 3.73. The molecule has 0 aromatic carbocycles. The molecular formula is C28H44F2N2O5. The lowest BCUT2D eigenvalue weighted by molar-refractivity contribution is -0.124. The fraction of sp³-hybridized carbons (Fsp3) is 0.893. The number of halogens is 2. The lowest BCUT2D eigenvalue weighted by Crippen LogP contribution is -2.57. The van der Waals surface area contributed by atoms with Crippen LogP contribution in [0.15, 0.2) is 11.6 Å². The van der Waals surface area contributed by atoms with Gasteiger partial charge in [-0.25, -0.2) is 13.6 Å². The van der Waals surface area contributed by atoms with E-state index in [1.807, 2.05) is 4.90 Å². The third-order valence-corrected chi connectivity index (χ3v) is 9.47. The van der Waals surface area contributed by atoms with Crippen molar-refractivity contribution in [2.75, 3.05) is 46.4 Å². The molecule has 1 spiro atoms. The number of likely N-dealkylation sites (tertiary alicyclic amines) is 2. The summed E-state index contributed by atoms with van der Waals surface area (Å²) >= 11 is 0. The number of hydrogen-bond donors (Lipinski definition) is 0. The largest absolute Gasteiger partial charge is 0.443 e. The van der Waals surface area contributed by atoms with E-state index in [9.17, 15) is 13.6 Å². The van der Waals surface area contributed by atoms with Crippen molar-refractivity contribution in [1.82, 2.24) is 9.80 Å². The molecule has 4 aliphatic heterocycles. The second-order valence-corrected chi connectivity index (χ2v) is 12.4. The highest BCUT2D eigenvalue weighted by Gasteiger charge is 2.72. The minimum atomic E-state index is -2.26. The van der Waals surface area contributed by atoms with E-state index in [2.05, 4.69) is 26.8 Å². The van der Waals surface area contributed by atoms with E-state index < -0.39 is 6.43 Å². The maximum absolute atomic E-state index is 13.0. The molecule has 0 N–H and O–H groups in total. The van der Waals surface area contributed by atoms with Crippen LogP contribution in [0.1, 0.15) is 59.3 Å². The van der Waals surface area contributed by atoms with Crippen LogP contribution in [-0.2, 0) is 18.9 Å². The van der Waals surface area contributed by atoms with E-state index >= 15 is 0 Å². The molecular weight excluding hydrogens is 482 g/mol. The van der Waals surface area contributed by atoms with Crippen LogP contribution in [0.25, 0.3) is 0 Å². The number of ether oxygens (including phenoxy) is 4. The van der Waals surface area contributed by atoms with Crippen molar-refractivity contribution in [2.24, 2.45) is 17.8 Å². The van der Waals surface area contributed by atoms with E-state index in [1.165, 1.54) is 5.57 Å². The Morgan fingerprint density at radius 2 is 1.86 bits per heavy atom. The van der Waals surface area contributed by atoms with Crippen LogP contribution in [0, 0.1) is 17.8 Å². The Bertz CT molecular complexity index is 850. The highest BCUT2D eigenvalue weighted by molar-refractivity contribution is 5.69. The first-order valence-electron chi connectivity index (χ1n) is 14.1. The van der Waals surface area contributed by atoms with Gasteiger partial charge in [0.05, 0.1) is 25.2 Å². The van der Waals surface area contributed by atoms with Crippen LogP contribution in [0.2, 0.25) is 0 Å². The Kier molecular flexibility index (Phi) is 7.89. The Labute approximate surface area is 219 Å². The molecule has 4 unspecified atom stereocenters. The van der Waals surface area contributed by atoms with Gasteiger partial charge in [0.2, 0.25) is 0 Å². The molecule has 4 heterocycles. The molecule has 1 amide bonds. The van der Waals surface area contributed by atoms with E-state index in [-0.39, 0.29) is 48.1 Å². The van der Waals surface area contributed by atoms with Crippen molar-refractivity contribution < 1.29 is 32.5 Å². The van der Waals surface area contributed by atoms with Gasteiger partial charge in [-0.2, -0.15) is 0 Å². The molecule has 6 atom stereocenters. The summed E-state index contributed by atoms with van der Waals surface area (Å²) in [6.45, 7) is 9.86. The topological polar surface area (TPSA) is 67.1 Å². The summed E-state index contributed by atoms with van der Waals surface area (Å²) in [5.74, 6) is 1.05. The first kappa shape index (κ1) is 27.3. The summed E-state index contributed by atoms with van der Waals surface area (Å²) in [5.41, 5.74) is 0.699. The number of nitrogens with zero attached hydrogens (tertiary/aromatic N) is 2. The van der Waals surface area contributed by atoms with Crippen LogP contribution in [-0.4, -0.2) is 98.3 Å². The smallest absolute Gasteiger partial charge is 0.410 e. The van der Waals surface area contributed by atoms with Crippen LogP contribution in [0.5, 0.6) is 0 Å². The minimum Gasteiger partial charge on any atom is -0.443 e. The highest BCUT2D eigenvalue weighted by Crippen LogP contribution is 2.59. The van der Waals surface area contributed by atoms with E-state index in [1.54, 1.807) is 12.0 Å². The molecule has 0 aromatic rings. The second kappa shape index (κ2) is 10.7. The maximum atomic E-state index is 13.0. The van der Waals surface area contributed by atoms with Gasteiger partial charge < -0.3 is 23.8 Å². The van der Waals surface area contributed by atoms with Crippen molar-refractivity contribution >= 4 is 6.09 Å². The fourth-order valence-electron chi connectivity index (χ4n) is 7.21. The highest BCUT2D eigenvalue weighted by atomic mass is 19.3. The van der Waals surface area contributed by atoms with E-state index in [0.29, 0.717) is 31.5 Å². The Morgan fingerprint density at radius 1 is 1.16 bits per heavy atom. The Morgan fingerprint density at radius 3 is 2.46 bits per heavy atom. The number of hydrogen-bond acceptors (Lipinski definition) is 6. The zero-order chi connectivity index (χ0) is 26.4. The molecule has 7 nitrogen and oxygen atoms in total. The van der Waals surface area contributed by atoms with Gasteiger partial charge in [-0.05, 0) is 84.2 Å². The number of rotatable bonds is 9. The number of methoxy groups -OCH3 is 1. The number of carbonyl (C=O) groups excluding carboxylic acids is 1. The Balaban J connectivity index is 1.10. The minimum absolute atomic E-state index is 0.0205. The summed E-state index contributed by atoms with van der Waals surface area (Å²) in [7, 11) is 1.70. The zero-order valence-electron chi connectivity index (χ0n) is 22.8. The van der Waals surface area contributed by atoms with Gasteiger partial charge in [-0.3, -0.25) is 4.90 Å². The monoisotopic (exact) mass is 526 g/mol. The number of piperidine rings is 1. The number of allylic oxidation sites excluding steroid dienone is 1. The first-order chi connectivity index (χ1) is 17.6. The summed E-state index contributed by atoms with van der Waals surface area (Å²) in [4.78, 5) is 16.7. The number of alkyl halides is 2. The lowest BCUT2D eigenvalue weighted by Gasteiger charge is -2.45. The van der Waals surface area contributed by atoms with Crippen molar-refractivity contribution in [3.8, 4) is 0 Å². The predicted octanol–water partition coefficient (Wildman–Crippen LogP) is 4.50. The van der Waals surface area contributed by atoms with E-state index in [4.69, 9.17) is 18.9 Å². The summed E-state index contributed by atoms with van der Waals surface area (Å²) < 4.78 is 49.5. The zero-order valence-corrected chi connectivity index (χ0v) is 22.8. The molecule has 1 saturated carbocycles. The summed E-state index contributed by atoms with van der Waals surface area (Å²) in [5, 5.41) is 0. The molecule has 5 aliphatic rings. The fourth-order valence-corrected chi connectivity index (χ4v) is 7.21. The average molecular weight is 527 g/mol. The van der Waals surface area contributed by atoms with Crippen molar-refractivity contribution in [3.63, 3.8) is 0 Å². The molecule has 210 valence electrons. The molecule has 5 fully saturated rings. The first-order valence-corrected chi connectivity index (χ1v) is 14.1. The molecule has 0 bridgehead atoms. The summed E-state index contributed by atoms with van der Waals surface area (Å²) in [6.07, 6.45) is 4.66. The molecule has 1 aliphatic carbocycles. The van der Waals surface area contributed by atoms with Crippen LogP contribution >= 0.6 is 0 Å². The lowest BCUT2D eigenvalue weighted by atomic mass is 9.68. The number of amides is 1. The molecule has 0 radical (unpaired) electrons. The van der Waals surface area contributed by atoms with Crippen LogP contribution in [0.3, 0.4) is 0 Å². The van der Waals surface area contributed by atoms with Gasteiger partial charge in [0.25, 0.3) is 6.43 Å². The van der Waals surface area contributed by atoms with Gasteiger partial charge in [-0.1, -0.05) is 11.6 Å². The third kappa shape index (κ3) is 5.85. The summed E-state index contributed by atoms with van der Waals surface area (Å²) in [6, 6.07) is 0. The quantitative estimate of drug-likeness (QED) is 0.326. The third-order valence-electron chi connectivity index (χ3n) is 9.47. The number of epoxide rings is 2. The normalized spacial score (nSPS) is 38.5. The molecule has 4 saturated heterocycles. The predicted molar refractivity (Wildman–Crippen MR) is 135 cm³/mol. The van der Waals surface area contributed by atoms with Crippen molar-refractivity contribution in [1.29, 1.82) is 0 Å². The van der Waals surface area contributed by atoms with Gasteiger partial charge >= 0.3 is 6.09 Å². The maximum Gasteiger partial charge on any atom is 0.410 e. The SMILES string of the molecule is COC1C(OC(=O)N2CC(CC3CCN(CC(F)F)CC3)C2)CCC2(CO2)C1[C@@]1(C)O[C@@H]1CC=C(C)C. The molecule has 9 heteroatoms. The van der Waals surface area contributed by atoms with E-state index in [0.717, 1.165) is 51.6 Å². The van der Waals surface area contributed by atoms with Crippen LogP contribution in [0.4, 0.5) is 13.6 Å². The van der Waals surface area contributed by atoms with Crippen molar-refractivity contribution in [3.05, 3.63) is 11.6 Å². The van der Waals surface area contributed by atoms with Gasteiger partial charge in [0.15, 0.2) is 0 Å². The van der Waals surface area contributed by atoms with Crippen molar-refractivity contribution in [2.45, 2.75) is 95.2 Å².